The van der Waals surface area contributed by atoms with E-state index in [0.717, 1.165) is 27.9 Å². The van der Waals surface area contributed by atoms with Crippen molar-refractivity contribution in [2.45, 2.75) is 6.92 Å². The summed E-state index contributed by atoms with van der Waals surface area (Å²) in [7, 11) is 0. The van der Waals surface area contributed by atoms with Crippen molar-refractivity contribution >= 4 is 55.4 Å². The van der Waals surface area contributed by atoms with Crippen LogP contribution in [0.4, 0.5) is 0 Å². The molecule has 8 aromatic rings. The lowest BCUT2D eigenvalue weighted by molar-refractivity contribution is 0.603. The molecule has 0 spiro atoms. The van der Waals surface area contributed by atoms with Crippen molar-refractivity contribution in [1.29, 1.82) is 0 Å². The van der Waals surface area contributed by atoms with Gasteiger partial charge in [0.05, 0.1) is 0 Å². The van der Waals surface area contributed by atoms with Crippen LogP contribution >= 0.6 is 0 Å². The molecule has 1 heterocycles. The summed E-state index contributed by atoms with van der Waals surface area (Å²) in [5, 5.41) is 8.51. The van der Waals surface area contributed by atoms with Gasteiger partial charge in [0.1, 0.15) is 11.3 Å². The van der Waals surface area contributed by atoms with Crippen molar-refractivity contribution in [2.24, 2.45) is 0 Å². The van der Waals surface area contributed by atoms with Crippen LogP contribution in [0.1, 0.15) is 18.2 Å². The van der Waals surface area contributed by atoms with E-state index in [-0.39, 0.29) is 0 Å². The summed E-state index contributed by atoms with van der Waals surface area (Å²) in [6.45, 7) is 6.11. The number of fused-ring (bicyclic) bond motifs is 4. The summed E-state index contributed by atoms with van der Waals surface area (Å²) in [6, 6.07) is 48.4. The highest BCUT2D eigenvalue weighted by Crippen LogP contribution is 2.47. The molecule has 0 amide bonds. The molecule has 0 saturated carbocycles. The second-order valence-corrected chi connectivity index (χ2v) is 11.2. The Bertz CT molecular complexity index is 2360. The summed E-state index contributed by atoms with van der Waals surface area (Å²) in [6.07, 6.45) is 5.90. The maximum Gasteiger partial charge on any atom is 0.135 e. The van der Waals surface area contributed by atoms with E-state index in [9.17, 15) is 0 Å². The van der Waals surface area contributed by atoms with Gasteiger partial charge in [-0.1, -0.05) is 140 Å². The Morgan fingerprint density at radius 1 is 0.523 bits per heavy atom. The number of hydrogen-bond acceptors (Lipinski definition) is 1. The molecule has 0 fully saturated rings. The van der Waals surface area contributed by atoms with Crippen molar-refractivity contribution in [3.63, 3.8) is 0 Å². The maximum absolute atomic E-state index is 6.20. The first-order valence-corrected chi connectivity index (χ1v) is 15.1. The van der Waals surface area contributed by atoms with Gasteiger partial charge in [-0.3, -0.25) is 0 Å². The fourth-order valence-corrected chi connectivity index (χ4v) is 6.90. The quantitative estimate of drug-likeness (QED) is 0.190. The molecule has 0 aliphatic carbocycles. The third kappa shape index (κ3) is 4.01. The van der Waals surface area contributed by atoms with Crippen LogP contribution in [0.3, 0.4) is 0 Å². The molecule has 208 valence electrons. The molecule has 0 radical (unpaired) electrons. The van der Waals surface area contributed by atoms with E-state index in [0.29, 0.717) is 0 Å². The first kappa shape index (κ1) is 26.0. The molecule has 1 aromatic heterocycles. The van der Waals surface area contributed by atoms with E-state index in [1.807, 2.05) is 25.2 Å². The zero-order valence-corrected chi connectivity index (χ0v) is 24.5. The molecular formula is C43H30O. The van der Waals surface area contributed by atoms with Gasteiger partial charge in [-0.15, -0.1) is 0 Å². The van der Waals surface area contributed by atoms with Gasteiger partial charge in [0.15, 0.2) is 0 Å². The summed E-state index contributed by atoms with van der Waals surface area (Å²) in [5.74, 6) is 0.838. The standard InChI is InChI=1S/C43H30O/c1-3-14-40-30(4-2)39-27-29(25-26-41(39)44-40)42-35-20-9-11-22-37(35)43(38-23-12-10-21-36(38)42)34-19-8-7-18-33(34)32-24-13-16-28-15-5-6-17-31(28)32/h3-27H,2H2,1H3/b14-3-. The number of allylic oxidation sites excluding steroid dienone is 1. The predicted octanol–water partition coefficient (Wildman–Crippen LogP) is 12.6. The molecule has 7 aromatic carbocycles. The molecule has 8 rings (SSSR count). The Morgan fingerprint density at radius 3 is 1.77 bits per heavy atom. The minimum Gasteiger partial charge on any atom is -0.456 e. The lowest BCUT2D eigenvalue weighted by Crippen LogP contribution is -1.93. The highest BCUT2D eigenvalue weighted by Gasteiger charge is 2.20. The van der Waals surface area contributed by atoms with Gasteiger partial charge in [-0.25, -0.2) is 0 Å². The first-order valence-electron chi connectivity index (χ1n) is 15.1. The van der Waals surface area contributed by atoms with Crippen LogP contribution in [0.2, 0.25) is 0 Å². The molecule has 0 unspecified atom stereocenters. The molecule has 0 atom stereocenters. The molecule has 1 heteroatoms. The molecular weight excluding hydrogens is 532 g/mol. The zero-order chi connectivity index (χ0) is 29.6. The van der Waals surface area contributed by atoms with Crippen molar-refractivity contribution < 1.29 is 4.42 Å². The van der Waals surface area contributed by atoms with Crippen LogP contribution in [-0.2, 0) is 0 Å². The van der Waals surface area contributed by atoms with E-state index in [4.69, 9.17) is 4.42 Å². The summed E-state index contributed by atoms with van der Waals surface area (Å²) in [4.78, 5) is 0. The Balaban J connectivity index is 1.46. The second kappa shape index (κ2) is 10.6. The van der Waals surface area contributed by atoms with Crippen molar-refractivity contribution in [2.75, 3.05) is 0 Å². The lowest BCUT2D eigenvalue weighted by atomic mass is 9.83. The number of benzene rings is 7. The molecule has 0 bridgehead atoms. The maximum atomic E-state index is 6.20. The van der Waals surface area contributed by atoms with Gasteiger partial charge in [0, 0.05) is 10.9 Å². The van der Waals surface area contributed by atoms with Gasteiger partial charge >= 0.3 is 0 Å². The fourth-order valence-electron chi connectivity index (χ4n) is 6.90. The smallest absolute Gasteiger partial charge is 0.135 e. The lowest BCUT2D eigenvalue weighted by Gasteiger charge is -2.20. The van der Waals surface area contributed by atoms with Gasteiger partial charge in [-0.05, 0) is 90.8 Å². The molecule has 0 aliphatic heterocycles. The average molecular weight is 563 g/mol. The van der Waals surface area contributed by atoms with Crippen molar-refractivity contribution in [3.8, 4) is 33.4 Å². The van der Waals surface area contributed by atoms with E-state index >= 15 is 0 Å². The normalized spacial score (nSPS) is 11.8. The minimum absolute atomic E-state index is 0.838. The largest absolute Gasteiger partial charge is 0.456 e. The SMILES string of the molecule is C=Cc1c(/C=C\C)oc2ccc(-c3c4ccccc4c(-c4ccccc4-c4cccc5ccccc45)c4ccccc34)cc12. The average Bonchev–Trinajstić information content (AvgIpc) is 3.43. The Kier molecular flexibility index (Phi) is 6.24. The fraction of sp³-hybridized carbons (Fsp3) is 0.0233. The number of hydrogen-bond donors (Lipinski definition) is 0. The zero-order valence-electron chi connectivity index (χ0n) is 24.5. The minimum atomic E-state index is 0.838. The van der Waals surface area contributed by atoms with Gasteiger partial charge in [-0.2, -0.15) is 0 Å². The summed E-state index contributed by atoms with van der Waals surface area (Å²) < 4.78 is 6.20. The molecule has 0 saturated heterocycles. The van der Waals surface area contributed by atoms with E-state index in [1.165, 1.54) is 60.1 Å². The Labute approximate surface area is 257 Å². The van der Waals surface area contributed by atoms with Crippen LogP contribution < -0.4 is 0 Å². The third-order valence-corrected chi connectivity index (χ3v) is 8.77. The van der Waals surface area contributed by atoms with Crippen LogP contribution in [0.5, 0.6) is 0 Å². The Hall–Kier alpha value is -5.66. The predicted molar refractivity (Wildman–Crippen MR) is 190 cm³/mol. The van der Waals surface area contributed by atoms with Gasteiger partial charge in [0.25, 0.3) is 0 Å². The van der Waals surface area contributed by atoms with Gasteiger partial charge in [0.2, 0.25) is 0 Å². The second-order valence-electron chi connectivity index (χ2n) is 11.2. The highest BCUT2D eigenvalue weighted by molar-refractivity contribution is 6.23. The molecule has 44 heavy (non-hydrogen) atoms. The van der Waals surface area contributed by atoms with E-state index in [2.05, 4.69) is 140 Å². The van der Waals surface area contributed by atoms with Crippen molar-refractivity contribution in [1.82, 2.24) is 0 Å². The monoisotopic (exact) mass is 562 g/mol. The highest BCUT2D eigenvalue weighted by atomic mass is 16.3. The first-order chi connectivity index (χ1) is 21.8. The topological polar surface area (TPSA) is 13.1 Å². The van der Waals surface area contributed by atoms with Crippen LogP contribution in [-0.4, -0.2) is 0 Å². The van der Waals surface area contributed by atoms with E-state index < -0.39 is 0 Å². The van der Waals surface area contributed by atoms with Gasteiger partial charge < -0.3 is 4.42 Å². The van der Waals surface area contributed by atoms with Crippen LogP contribution in [0.25, 0.3) is 88.8 Å². The van der Waals surface area contributed by atoms with Crippen LogP contribution in [0, 0.1) is 0 Å². The molecule has 0 N–H and O–H groups in total. The molecule has 1 nitrogen and oxygen atoms in total. The summed E-state index contributed by atoms with van der Waals surface area (Å²) >= 11 is 0. The third-order valence-electron chi connectivity index (χ3n) is 8.77. The Morgan fingerprint density at radius 2 is 1.09 bits per heavy atom. The number of rotatable bonds is 5. The summed E-state index contributed by atoms with van der Waals surface area (Å²) in [5.41, 5.74) is 9.26. The van der Waals surface area contributed by atoms with Crippen LogP contribution in [0.15, 0.2) is 151 Å². The van der Waals surface area contributed by atoms with Crippen molar-refractivity contribution in [3.05, 3.63) is 157 Å². The van der Waals surface area contributed by atoms with E-state index in [1.54, 1.807) is 0 Å². The number of furan rings is 1. The molecule has 0 aliphatic rings.